The summed E-state index contributed by atoms with van der Waals surface area (Å²) in [5, 5.41) is 28.7. The molecule has 5 atom stereocenters. The van der Waals surface area contributed by atoms with Crippen molar-refractivity contribution in [2.75, 3.05) is 39.6 Å². The third-order valence-corrected chi connectivity index (χ3v) is 3.42. The molecule has 0 amide bonds. The molecule has 7 heteroatoms. The first-order valence-corrected chi connectivity index (χ1v) is 7.51. The van der Waals surface area contributed by atoms with Gasteiger partial charge in [0.1, 0.15) is 12.2 Å². The lowest BCUT2D eigenvalue weighted by atomic mass is 9.92. The summed E-state index contributed by atoms with van der Waals surface area (Å²) >= 11 is 0. The van der Waals surface area contributed by atoms with Crippen molar-refractivity contribution in [1.29, 1.82) is 0 Å². The summed E-state index contributed by atoms with van der Waals surface area (Å²) in [7, 11) is 0. The van der Waals surface area contributed by atoms with Gasteiger partial charge in [-0.15, -0.1) is 0 Å². The topological polar surface area (TPSA) is 97.6 Å². The molecule has 0 aliphatic carbocycles. The molecule has 21 heavy (non-hydrogen) atoms. The second kappa shape index (κ2) is 10.4. The third-order valence-electron chi connectivity index (χ3n) is 3.42. The molecule has 126 valence electrons. The van der Waals surface area contributed by atoms with E-state index < -0.39 is 24.6 Å². The summed E-state index contributed by atoms with van der Waals surface area (Å²) in [4.78, 5) is 0. The van der Waals surface area contributed by atoms with E-state index in [2.05, 4.69) is 0 Å². The molecular formula is C14H28O7. The monoisotopic (exact) mass is 308 g/mol. The Kier molecular flexibility index (Phi) is 9.34. The number of aliphatic hydroxyl groups excluding tert-OH is 3. The second-order valence-electron chi connectivity index (χ2n) is 5.16. The van der Waals surface area contributed by atoms with Gasteiger partial charge in [0.05, 0.1) is 39.1 Å². The van der Waals surface area contributed by atoms with Crippen LogP contribution in [0.3, 0.4) is 0 Å². The van der Waals surface area contributed by atoms with Crippen LogP contribution in [0.4, 0.5) is 0 Å². The Hall–Kier alpha value is -0.280. The molecule has 1 rings (SSSR count). The van der Waals surface area contributed by atoms with Gasteiger partial charge in [0.25, 0.3) is 0 Å². The van der Waals surface area contributed by atoms with E-state index in [0.717, 1.165) is 13.0 Å². The molecule has 0 bridgehead atoms. The zero-order valence-corrected chi connectivity index (χ0v) is 12.8. The molecule has 5 unspecified atom stereocenters. The van der Waals surface area contributed by atoms with Gasteiger partial charge in [-0.25, -0.2) is 0 Å². The van der Waals surface area contributed by atoms with Crippen LogP contribution < -0.4 is 0 Å². The standard InChI is InChI=1S/C14H28O7/c1-3-4-18-5-6-19-7-8-20-14-10(2)12(16)13(17)11(9-15)21-14/h10-17H,3-9H2,1-2H3. The summed E-state index contributed by atoms with van der Waals surface area (Å²) in [5.74, 6) is -0.379. The first-order chi connectivity index (χ1) is 10.1. The van der Waals surface area contributed by atoms with Gasteiger partial charge in [0.2, 0.25) is 0 Å². The first-order valence-electron chi connectivity index (χ1n) is 7.51. The SMILES string of the molecule is CCCOCCOCCOC1OC(CO)C(O)C(O)C1C. The fourth-order valence-electron chi connectivity index (χ4n) is 2.10. The van der Waals surface area contributed by atoms with E-state index in [0.29, 0.717) is 26.4 Å². The van der Waals surface area contributed by atoms with Crippen LogP contribution in [0.5, 0.6) is 0 Å². The zero-order valence-electron chi connectivity index (χ0n) is 12.8. The Morgan fingerprint density at radius 1 is 0.952 bits per heavy atom. The molecule has 3 N–H and O–H groups in total. The fourth-order valence-corrected chi connectivity index (χ4v) is 2.10. The molecule has 1 aliphatic heterocycles. The van der Waals surface area contributed by atoms with Gasteiger partial charge in [-0.05, 0) is 6.42 Å². The highest BCUT2D eigenvalue weighted by Crippen LogP contribution is 2.26. The van der Waals surface area contributed by atoms with Crippen LogP contribution in [0.2, 0.25) is 0 Å². The zero-order chi connectivity index (χ0) is 15.7. The van der Waals surface area contributed by atoms with Gasteiger partial charge in [-0.3, -0.25) is 0 Å². The molecular weight excluding hydrogens is 280 g/mol. The van der Waals surface area contributed by atoms with Gasteiger partial charge in [0.15, 0.2) is 6.29 Å². The maximum absolute atomic E-state index is 9.87. The van der Waals surface area contributed by atoms with Crippen LogP contribution in [-0.4, -0.2) is 79.6 Å². The summed E-state index contributed by atoms with van der Waals surface area (Å²) in [5.41, 5.74) is 0. The lowest BCUT2D eigenvalue weighted by Crippen LogP contribution is -2.55. The minimum atomic E-state index is -1.10. The number of rotatable bonds is 10. The largest absolute Gasteiger partial charge is 0.394 e. The lowest BCUT2D eigenvalue weighted by molar-refractivity contribution is -0.284. The van der Waals surface area contributed by atoms with Crippen LogP contribution in [-0.2, 0) is 18.9 Å². The van der Waals surface area contributed by atoms with E-state index in [-0.39, 0.29) is 12.5 Å². The summed E-state index contributed by atoms with van der Waals surface area (Å²) < 4.78 is 21.5. The van der Waals surface area contributed by atoms with Crippen molar-refractivity contribution in [3.63, 3.8) is 0 Å². The Morgan fingerprint density at radius 3 is 2.19 bits per heavy atom. The average Bonchev–Trinajstić information content (AvgIpc) is 2.49. The number of ether oxygens (including phenoxy) is 4. The van der Waals surface area contributed by atoms with Crippen LogP contribution in [0.25, 0.3) is 0 Å². The molecule has 0 aromatic heterocycles. The van der Waals surface area contributed by atoms with Crippen LogP contribution in [0.1, 0.15) is 20.3 Å². The molecule has 0 aromatic carbocycles. The third kappa shape index (κ3) is 6.15. The van der Waals surface area contributed by atoms with Gasteiger partial charge < -0.3 is 34.3 Å². The van der Waals surface area contributed by atoms with E-state index in [4.69, 9.17) is 24.1 Å². The average molecular weight is 308 g/mol. The lowest BCUT2D eigenvalue weighted by Gasteiger charge is -2.40. The van der Waals surface area contributed by atoms with Gasteiger partial charge in [-0.2, -0.15) is 0 Å². The highest BCUT2D eigenvalue weighted by atomic mass is 16.7. The Balaban J connectivity index is 2.16. The fraction of sp³-hybridized carbons (Fsp3) is 1.00. The number of aliphatic hydroxyl groups is 3. The van der Waals surface area contributed by atoms with Crippen molar-refractivity contribution in [1.82, 2.24) is 0 Å². The molecule has 1 aliphatic rings. The molecule has 0 radical (unpaired) electrons. The molecule has 0 aromatic rings. The number of hydrogen-bond acceptors (Lipinski definition) is 7. The predicted octanol–water partition coefficient (Wildman–Crippen LogP) is -0.479. The van der Waals surface area contributed by atoms with E-state index in [9.17, 15) is 10.2 Å². The van der Waals surface area contributed by atoms with Crippen LogP contribution in [0, 0.1) is 5.92 Å². The maximum atomic E-state index is 9.87. The Morgan fingerprint density at radius 2 is 1.57 bits per heavy atom. The van der Waals surface area contributed by atoms with E-state index >= 15 is 0 Å². The minimum Gasteiger partial charge on any atom is -0.394 e. The highest BCUT2D eigenvalue weighted by molar-refractivity contribution is 4.86. The second-order valence-corrected chi connectivity index (χ2v) is 5.16. The smallest absolute Gasteiger partial charge is 0.163 e. The van der Waals surface area contributed by atoms with E-state index in [1.807, 2.05) is 6.92 Å². The first kappa shape index (κ1) is 18.8. The van der Waals surface area contributed by atoms with Crippen molar-refractivity contribution >= 4 is 0 Å². The molecule has 0 saturated carbocycles. The summed E-state index contributed by atoms with van der Waals surface area (Å²) in [6.07, 6.45) is -2.59. The predicted molar refractivity (Wildman–Crippen MR) is 74.8 cm³/mol. The van der Waals surface area contributed by atoms with Crippen molar-refractivity contribution in [3.8, 4) is 0 Å². The van der Waals surface area contributed by atoms with E-state index in [1.165, 1.54) is 0 Å². The van der Waals surface area contributed by atoms with Crippen molar-refractivity contribution < 1.29 is 34.3 Å². The number of hydrogen-bond donors (Lipinski definition) is 3. The van der Waals surface area contributed by atoms with Crippen molar-refractivity contribution in [2.24, 2.45) is 5.92 Å². The van der Waals surface area contributed by atoms with Crippen molar-refractivity contribution in [2.45, 2.75) is 44.9 Å². The molecule has 1 saturated heterocycles. The molecule has 0 spiro atoms. The summed E-state index contributed by atoms with van der Waals surface area (Å²) in [6, 6.07) is 0. The molecule has 1 fully saturated rings. The quantitative estimate of drug-likeness (QED) is 0.469. The normalized spacial score (nSPS) is 33.3. The van der Waals surface area contributed by atoms with Gasteiger partial charge in [-0.1, -0.05) is 13.8 Å². The maximum Gasteiger partial charge on any atom is 0.163 e. The Bertz CT molecular complexity index is 262. The van der Waals surface area contributed by atoms with Gasteiger partial charge in [0, 0.05) is 12.5 Å². The van der Waals surface area contributed by atoms with Crippen LogP contribution in [0.15, 0.2) is 0 Å². The minimum absolute atomic E-state index is 0.309. The molecule has 1 heterocycles. The Labute approximate surface area is 125 Å². The molecule has 7 nitrogen and oxygen atoms in total. The van der Waals surface area contributed by atoms with Gasteiger partial charge >= 0.3 is 0 Å². The van der Waals surface area contributed by atoms with Crippen LogP contribution >= 0.6 is 0 Å². The highest BCUT2D eigenvalue weighted by Gasteiger charge is 2.42. The van der Waals surface area contributed by atoms with E-state index in [1.54, 1.807) is 6.92 Å². The summed E-state index contributed by atoms with van der Waals surface area (Å²) in [6.45, 7) is 5.91. The van der Waals surface area contributed by atoms with Crippen molar-refractivity contribution in [3.05, 3.63) is 0 Å².